The van der Waals surface area contributed by atoms with Crippen molar-refractivity contribution in [3.8, 4) is 0 Å². The summed E-state index contributed by atoms with van der Waals surface area (Å²) in [4.78, 5) is 0. The molecule has 0 N–H and O–H groups in total. The van der Waals surface area contributed by atoms with Crippen molar-refractivity contribution in [2.45, 2.75) is 26.2 Å². The molecule has 0 fully saturated rings. The molecule has 2 heteroatoms. The van der Waals surface area contributed by atoms with Crippen LogP contribution < -0.4 is 10.4 Å². The van der Waals surface area contributed by atoms with Crippen molar-refractivity contribution < 1.29 is 2.74 Å². The lowest BCUT2D eigenvalue weighted by Crippen LogP contribution is -2.21. The van der Waals surface area contributed by atoms with Crippen LogP contribution in [-0.2, 0) is 0 Å². The van der Waals surface area contributed by atoms with Crippen LogP contribution in [0.2, 0.25) is 26.2 Å². The van der Waals surface area contributed by atoms with Gasteiger partial charge in [0, 0.05) is 0 Å². The Hall–Kier alpha value is -1.39. The molecule has 0 amide bonds. The lowest BCUT2D eigenvalue weighted by Gasteiger charge is -2.04. The maximum absolute atomic E-state index is 8.14. The van der Waals surface area contributed by atoms with E-state index < -0.39 is 17.6 Å². The molecule has 104 valence electrons. The fourth-order valence-corrected chi connectivity index (χ4v) is 3.80. The Morgan fingerprint density at radius 1 is 0.700 bits per heavy atom. The Morgan fingerprint density at radius 3 is 1.40 bits per heavy atom. The molecule has 2 aromatic carbocycles. The molecule has 0 heterocycles. The molecule has 0 aromatic heterocycles. The SMILES string of the molecule is [2H]c1cc([SiH](C)C)ccc1C=Cc1ccc([SiH](C)C)cc1[2H]. The van der Waals surface area contributed by atoms with Gasteiger partial charge in [-0.3, -0.25) is 0 Å². The van der Waals surface area contributed by atoms with Gasteiger partial charge in [-0.25, -0.2) is 0 Å². The molecule has 2 rings (SSSR count). The zero-order chi connectivity index (χ0) is 16.3. The molecule has 0 aliphatic heterocycles. The van der Waals surface area contributed by atoms with Crippen LogP contribution in [0.15, 0.2) is 48.5 Å². The van der Waals surface area contributed by atoms with Gasteiger partial charge in [-0.15, -0.1) is 0 Å². The molecular formula is C18H24Si2. The van der Waals surface area contributed by atoms with Gasteiger partial charge in [0.05, 0.1) is 20.3 Å². The van der Waals surface area contributed by atoms with Crippen LogP contribution in [0.3, 0.4) is 0 Å². The van der Waals surface area contributed by atoms with Gasteiger partial charge in [0.15, 0.2) is 0 Å². The predicted molar refractivity (Wildman–Crippen MR) is 98.8 cm³/mol. The number of hydrogen-bond donors (Lipinski definition) is 0. The van der Waals surface area contributed by atoms with E-state index in [1.807, 2.05) is 36.4 Å². The molecule has 0 bridgehead atoms. The van der Waals surface area contributed by atoms with E-state index in [0.717, 1.165) is 11.1 Å². The average Bonchev–Trinajstić information content (AvgIpc) is 2.46. The predicted octanol–water partition coefficient (Wildman–Crippen LogP) is 3.24. The fourth-order valence-electron chi connectivity index (χ4n) is 2.00. The normalized spacial score (nSPS) is 13.1. The summed E-state index contributed by atoms with van der Waals surface area (Å²) in [6.07, 6.45) is 3.90. The highest BCUT2D eigenvalue weighted by Gasteiger charge is 2.00. The van der Waals surface area contributed by atoms with Crippen molar-refractivity contribution >= 4 is 40.1 Å². The first-order chi connectivity index (χ1) is 10.4. The number of benzene rings is 2. The third kappa shape index (κ3) is 4.05. The summed E-state index contributed by atoms with van der Waals surface area (Å²) in [5, 5.41) is 2.66. The second kappa shape index (κ2) is 6.86. The molecule has 0 saturated heterocycles. The van der Waals surface area contributed by atoms with Crippen LogP contribution in [0.25, 0.3) is 12.2 Å². The Labute approximate surface area is 129 Å². The minimum atomic E-state index is -0.851. The molecule has 20 heavy (non-hydrogen) atoms. The maximum Gasteiger partial charge on any atom is 0.0647 e. The molecule has 2 aromatic rings. The quantitative estimate of drug-likeness (QED) is 0.600. The monoisotopic (exact) mass is 298 g/mol. The van der Waals surface area contributed by atoms with Crippen molar-refractivity contribution in [2.75, 3.05) is 0 Å². The highest BCUT2D eigenvalue weighted by Crippen LogP contribution is 2.07. The standard InChI is InChI=1S/C18H24Si2/c1-19(2)17-11-7-15(8-12-17)5-6-16-9-13-18(14-10-16)20(3)4/h5-14,19-20H,1-4H3/i7D,9D. The van der Waals surface area contributed by atoms with Gasteiger partial charge in [0.2, 0.25) is 0 Å². The molecule has 0 saturated carbocycles. The van der Waals surface area contributed by atoms with Crippen molar-refractivity contribution in [2.24, 2.45) is 0 Å². The smallest absolute Gasteiger partial charge is 0.0647 e. The summed E-state index contributed by atoms with van der Waals surface area (Å²) in [5.74, 6) is 0. The summed E-state index contributed by atoms with van der Waals surface area (Å²) in [5.41, 5.74) is 1.83. The Kier molecular flexibility index (Phi) is 4.24. The van der Waals surface area contributed by atoms with E-state index in [-0.39, 0.29) is 0 Å². The van der Waals surface area contributed by atoms with E-state index in [1.54, 1.807) is 0 Å². The molecule has 0 aliphatic carbocycles. The fraction of sp³-hybridized carbons (Fsp3) is 0.222. The molecule has 0 aliphatic rings. The highest BCUT2D eigenvalue weighted by atomic mass is 28.3. The van der Waals surface area contributed by atoms with Crippen molar-refractivity contribution in [1.82, 2.24) is 0 Å². The number of rotatable bonds is 4. The molecule has 0 radical (unpaired) electrons. The van der Waals surface area contributed by atoms with Crippen LogP contribution in [0.1, 0.15) is 13.9 Å². The van der Waals surface area contributed by atoms with E-state index in [0.29, 0.717) is 12.1 Å². The minimum Gasteiger partial charge on any atom is -0.0682 e. The van der Waals surface area contributed by atoms with Crippen LogP contribution in [0.4, 0.5) is 0 Å². The summed E-state index contributed by atoms with van der Waals surface area (Å²) >= 11 is 0. The second-order valence-corrected chi connectivity index (χ2v) is 11.7. The van der Waals surface area contributed by atoms with Gasteiger partial charge in [-0.05, 0) is 11.1 Å². The molecule has 0 atom stereocenters. The Bertz CT molecular complexity index is 632. The molecule has 0 nitrogen and oxygen atoms in total. The first kappa shape index (κ1) is 12.4. The summed E-state index contributed by atoms with van der Waals surface area (Å²) < 4.78 is 16.3. The van der Waals surface area contributed by atoms with Crippen molar-refractivity contribution in [3.63, 3.8) is 0 Å². The Balaban J connectivity index is 2.25. The minimum absolute atomic E-state index is 0.577. The third-order valence-corrected chi connectivity index (χ3v) is 6.88. The number of hydrogen-bond acceptors (Lipinski definition) is 0. The van der Waals surface area contributed by atoms with Crippen LogP contribution >= 0.6 is 0 Å². The first-order valence-corrected chi connectivity index (χ1v) is 13.0. The van der Waals surface area contributed by atoms with E-state index in [9.17, 15) is 0 Å². The largest absolute Gasteiger partial charge is 0.0682 e. The van der Waals surface area contributed by atoms with E-state index >= 15 is 0 Å². The van der Waals surface area contributed by atoms with Gasteiger partial charge in [0.1, 0.15) is 0 Å². The van der Waals surface area contributed by atoms with Gasteiger partial charge in [-0.2, -0.15) is 0 Å². The van der Waals surface area contributed by atoms with Crippen LogP contribution in [0, 0.1) is 0 Å². The van der Waals surface area contributed by atoms with Crippen molar-refractivity contribution in [3.05, 3.63) is 59.6 Å². The lowest BCUT2D eigenvalue weighted by molar-refractivity contribution is 1.67. The zero-order valence-corrected chi connectivity index (χ0v) is 15.1. The van der Waals surface area contributed by atoms with Gasteiger partial charge in [-0.1, -0.05) is 97.2 Å². The molecule has 0 spiro atoms. The summed E-state index contributed by atoms with van der Waals surface area (Å²) in [6.45, 7) is 9.10. The maximum atomic E-state index is 8.14. The summed E-state index contributed by atoms with van der Waals surface area (Å²) in [7, 11) is -1.70. The van der Waals surface area contributed by atoms with Crippen LogP contribution in [-0.4, -0.2) is 17.6 Å². The van der Waals surface area contributed by atoms with Crippen LogP contribution in [0.5, 0.6) is 0 Å². The van der Waals surface area contributed by atoms with E-state index in [2.05, 4.69) is 38.3 Å². The van der Waals surface area contributed by atoms with Gasteiger partial charge in [0.25, 0.3) is 0 Å². The summed E-state index contributed by atoms with van der Waals surface area (Å²) in [6, 6.07) is 13.5. The van der Waals surface area contributed by atoms with E-state index in [4.69, 9.17) is 2.74 Å². The molecular weight excluding hydrogens is 272 g/mol. The second-order valence-electron chi connectivity index (χ2n) is 5.80. The lowest BCUT2D eigenvalue weighted by atomic mass is 10.1. The Morgan fingerprint density at radius 2 is 1.10 bits per heavy atom. The van der Waals surface area contributed by atoms with E-state index in [1.165, 1.54) is 10.4 Å². The van der Waals surface area contributed by atoms with Gasteiger partial charge >= 0.3 is 0 Å². The van der Waals surface area contributed by atoms with Crippen molar-refractivity contribution in [1.29, 1.82) is 0 Å². The average molecular weight is 299 g/mol. The topological polar surface area (TPSA) is 0 Å². The van der Waals surface area contributed by atoms with Gasteiger partial charge < -0.3 is 0 Å². The third-order valence-electron chi connectivity index (χ3n) is 3.50. The first-order valence-electron chi connectivity index (χ1n) is 8.27. The highest BCUT2D eigenvalue weighted by molar-refractivity contribution is 6.71. The molecule has 0 unspecified atom stereocenters. The zero-order valence-electron chi connectivity index (χ0n) is 14.8.